The summed E-state index contributed by atoms with van der Waals surface area (Å²) in [6.07, 6.45) is 1.75. The summed E-state index contributed by atoms with van der Waals surface area (Å²) in [6.45, 7) is 4.67. The Kier molecular flexibility index (Phi) is 4.30. The van der Waals surface area contributed by atoms with E-state index < -0.39 is 5.60 Å². The van der Waals surface area contributed by atoms with Crippen LogP contribution in [0.2, 0.25) is 0 Å². The first kappa shape index (κ1) is 12.2. The van der Waals surface area contributed by atoms with Crippen LogP contribution in [0, 0.1) is 0 Å². The van der Waals surface area contributed by atoms with Crippen molar-refractivity contribution in [1.29, 1.82) is 0 Å². The smallest absolute Gasteiger partial charge is 0.0631 e. The third-order valence-corrected chi connectivity index (χ3v) is 2.29. The first-order valence-corrected chi connectivity index (χ1v) is 5.46. The van der Waals surface area contributed by atoms with E-state index in [1.165, 1.54) is 11.1 Å². The molecule has 2 nitrogen and oxygen atoms in total. The summed E-state index contributed by atoms with van der Waals surface area (Å²) in [5, 5.41) is 12.9. The van der Waals surface area contributed by atoms with Gasteiger partial charge in [-0.2, -0.15) is 0 Å². The Morgan fingerprint density at radius 3 is 2.53 bits per heavy atom. The van der Waals surface area contributed by atoms with Gasteiger partial charge in [0.25, 0.3) is 0 Å². The number of likely N-dealkylation sites (N-methyl/N-ethyl adjacent to an activating group) is 1. The highest BCUT2D eigenvalue weighted by Crippen LogP contribution is 2.13. The second-order valence-electron chi connectivity index (χ2n) is 4.66. The molecule has 0 heterocycles. The van der Waals surface area contributed by atoms with Gasteiger partial charge in [0.15, 0.2) is 0 Å². The molecule has 0 saturated heterocycles. The average molecular weight is 207 g/mol. The number of hydrogen-bond donors (Lipinski definition) is 2. The van der Waals surface area contributed by atoms with Gasteiger partial charge in [0.05, 0.1) is 5.60 Å². The van der Waals surface area contributed by atoms with E-state index >= 15 is 0 Å². The molecule has 2 heteroatoms. The third kappa shape index (κ3) is 4.96. The van der Waals surface area contributed by atoms with E-state index in [0.717, 1.165) is 13.0 Å². The van der Waals surface area contributed by atoms with Gasteiger partial charge in [0.2, 0.25) is 0 Å². The minimum absolute atomic E-state index is 0.623. The molecule has 0 saturated carbocycles. The van der Waals surface area contributed by atoms with Gasteiger partial charge in [-0.3, -0.25) is 0 Å². The first-order chi connectivity index (χ1) is 7.01. The van der Waals surface area contributed by atoms with Crippen molar-refractivity contribution in [2.45, 2.75) is 32.3 Å². The van der Waals surface area contributed by atoms with E-state index in [2.05, 4.69) is 29.6 Å². The number of hydrogen-bond acceptors (Lipinski definition) is 2. The predicted octanol–water partition coefficient (Wildman–Crippen LogP) is 1.76. The zero-order valence-corrected chi connectivity index (χ0v) is 9.88. The van der Waals surface area contributed by atoms with Gasteiger partial charge in [-0.1, -0.05) is 24.3 Å². The number of benzene rings is 1. The number of rotatable bonds is 5. The molecule has 0 fully saturated rings. The van der Waals surface area contributed by atoms with Crippen LogP contribution in [0.1, 0.15) is 25.0 Å². The van der Waals surface area contributed by atoms with E-state index in [1.54, 1.807) is 0 Å². The van der Waals surface area contributed by atoms with Crippen molar-refractivity contribution in [3.8, 4) is 0 Å². The SMILES string of the molecule is CNCCc1cccc(CC(C)(C)O)c1. The van der Waals surface area contributed by atoms with Crippen molar-refractivity contribution >= 4 is 0 Å². The Morgan fingerprint density at radius 1 is 1.27 bits per heavy atom. The second-order valence-corrected chi connectivity index (χ2v) is 4.66. The lowest BCUT2D eigenvalue weighted by Crippen LogP contribution is -2.21. The summed E-state index contributed by atoms with van der Waals surface area (Å²) >= 11 is 0. The van der Waals surface area contributed by atoms with Crippen LogP contribution in [0.5, 0.6) is 0 Å². The largest absolute Gasteiger partial charge is 0.390 e. The molecule has 1 rings (SSSR count). The molecule has 0 aromatic heterocycles. The maximum absolute atomic E-state index is 9.73. The minimum Gasteiger partial charge on any atom is -0.390 e. The van der Waals surface area contributed by atoms with E-state index in [9.17, 15) is 5.11 Å². The molecule has 0 atom stereocenters. The van der Waals surface area contributed by atoms with Gasteiger partial charge in [0.1, 0.15) is 0 Å². The molecule has 0 aliphatic heterocycles. The van der Waals surface area contributed by atoms with E-state index in [-0.39, 0.29) is 0 Å². The Labute approximate surface area is 92.3 Å². The van der Waals surface area contributed by atoms with Crippen LogP contribution in [0.3, 0.4) is 0 Å². The molecule has 15 heavy (non-hydrogen) atoms. The Balaban J connectivity index is 2.66. The topological polar surface area (TPSA) is 32.3 Å². The molecule has 1 aromatic carbocycles. The van der Waals surface area contributed by atoms with Gasteiger partial charge in [-0.25, -0.2) is 0 Å². The standard InChI is InChI=1S/C13H21NO/c1-13(2,15)10-12-6-4-5-11(9-12)7-8-14-3/h4-6,9,14-15H,7-8,10H2,1-3H3. The summed E-state index contributed by atoms with van der Waals surface area (Å²) in [6, 6.07) is 8.44. The van der Waals surface area contributed by atoms with Crippen LogP contribution in [-0.4, -0.2) is 24.3 Å². The molecule has 0 spiro atoms. The van der Waals surface area contributed by atoms with Crippen LogP contribution in [0.4, 0.5) is 0 Å². The Bertz CT molecular complexity index is 302. The summed E-state index contributed by atoms with van der Waals surface area (Å²) in [5.41, 5.74) is 1.91. The summed E-state index contributed by atoms with van der Waals surface area (Å²) in [7, 11) is 1.96. The zero-order valence-electron chi connectivity index (χ0n) is 9.88. The normalized spacial score (nSPS) is 11.7. The fourth-order valence-electron chi connectivity index (χ4n) is 1.66. The third-order valence-electron chi connectivity index (χ3n) is 2.29. The van der Waals surface area contributed by atoms with Crippen molar-refractivity contribution in [3.05, 3.63) is 35.4 Å². The lowest BCUT2D eigenvalue weighted by Gasteiger charge is -2.17. The molecule has 1 aromatic rings. The Hall–Kier alpha value is -0.860. The van der Waals surface area contributed by atoms with Gasteiger partial charge >= 0.3 is 0 Å². The highest BCUT2D eigenvalue weighted by Gasteiger charge is 2.13. The summed E-state index contributed by atoms with van der Waals surface area (Å²) in [4.78, 5) is 0. The van der Waals surface area contributed by atoms with Crippen molar-refractivity contribution in [3.63, 3.8) is 0 Å². The van der Waals surface area contributed by atoms with Crippen molar-refractivity contribution < 1.29 is 5.11 Å². The number of nitrogens with one attached hydrogen (secondary N) is 1. The fourth-order valence-corrected chi connectivity index (χ4v) is 1.66. The maximum Gasteiger partial charge on any atom is 0.0631 e. The monoisotopic (exact) mass is 207 g/mol. The van der Waals surface area contributed by atoms with Crippen molar-refractivity contribution in [2.24, 2.45) is 0 Å². The molecule has 0 aliphatic carbocycles. The molecular weight excluding hydrogens is 186 g/mol. The van der Waals surface area contributed by atoms with Crippen molar-refractivity contribution in [1.82, 2.24) is 5.32 Å². The predicted molar refractivity (Wildman–Crippen MR) is 64.1 cm³/mol. The number of aliphatic hydroxyl groups is 1. The Morgan fingerprint density at radius 2 is 1.93 bits per heavy atom. The molecule has 84 valence electrons. The van der Waals surface area contributed by atoms with Gasteiger partial charge in [-0.15, -0.1) is 0 Å². The van der Waals surface area contributed by atoms with E-state index in [1.807, 2.05) is 20.9 Å². The minimum atomic E-state index is -0.623. The van der Waals surface area contributed by atoms with E-state index in [4.69, 9.17) is 0 Å². The van der Waals surface area contributed by atoms with Gasteiger partial charge < -0.3 is 10.4 Å². The van der Waals surface area contributed by atoms with Crippen LogP contribution in [0.15, 0.2) is 24.3 Å². The average Bonchev–Trinajstić information content (AvgIpc) is 2.12. The lowest BCUT2D eigenvalue weighted by atomic mass is 9.97. The van der Waals surface area contributed by atoms with Gasteiger partial charge in [-0.05, 0) is 45.0 Å². The second kappa shape index (κ2) is 5.29. The van der Waals surface area contributed by atoms with Gasteiger partial charge in [0, 0.05) is 6.42 Å². The lowest BCUT2D eigenvalue weighted by molar-refractivity contribution is 0.0810. The molecule has 0 amide bonds. The van der Waals surface area contributed by atoms with Crippen molar-refractivity contribution in [2.75, 3.05) is 13.6 Å². The highest BCUT2D eigenvalue weighted by molar-refractivity contribution is 5.24. The molecule has 0 radical (unpaired) electrons. The van der Waals surface area contributed by atoms with Crippen LogP contribution in [0.25, 0.3) is 0 Å². The summed E-state index contributed by atoms with van der Waals surface area (Å²) < 4.78 is 0. The fraction of sp³-hybridized carbons (Fsp3) is 0.538. The maximum atomic E-state index is 9.73. The first-order valence-electron chi connectivity index (χ1n) is 5.46. The highest BCUT2D eigenvalue weighted by atomic mass is 16.3. The quantitative estimate of drug-likeness (QED) is 0.771. The van der Waals surface area contributed by atoms with Crippen LogP contribution < -0.4 is 5.32 Å². The molecule has 2 N–H and O–H groups in total. The van der Waals surface area contributed by atoms with Crippen LogP contribution in [-0.2, 0) is 12.8 Å². The molecule has 0 bridgehead atoms. The van der Waals surface area contributed by atoms with Crippen LogP contribution >= 0.6 is 0 Å². The summed E-state index contributed by atoms with van der Waals surface area (Å²) in [5.74, 6) is 0. The molecule has 0 unspecified atom stereocenters. The molecule has 0 aliphatic rings. The molecular formula is C13H21NO. The van der Waals surface area contributed by atoms with E-state index in [0.29, 0.717) is 6.42 Å². The zero-order chi connectivity index (χ0) is 11.3.